The third-order valence-corrected chi connectivity index (χ3v) is 2.95. The van der Waals surface area contributed by atoms with Crippen LogP contribution in [0.2, 0.25) is 0 Å². The Morgan fingerprint density at radius 1 is 1.59 bits per heavy atom. The highest BCUT2D eigenvalue weighted by Gasteiger charge is 2.25. The first kappa shape index (κ1) is 11.8. The van der Waals surface area contributed by atoms with Crippen LogP contribution in [0.3, 0.4) is 0 Å². The summed E-state index contributed by atoms with van der Waals surface area (Å²) >= 11 is 0. The molecule has 2 N–H and O–H groups in total. The normalized spacial score (nSPS) is 20.4. The van der Waals surface area contributed by atoms with Gasteiger partial charge in [-0.15, -0.1) is 0 Å². The van der Waals surface area contributed by atoms with Crippen molar-refractivity contribution in [2.45, 2.75) is 25.8 Å². The lowest BCUT2D eigenvalue weighted by Crippen LogP contribution is -2.43. The monoisotopic (exact) mass is 236 g/mol. The van der Waals surface area contributed by atoms with Gasteiger partial charge >= 0.3 is 5.69 Å². The van der Waals surface area contributed by atoms with E-state index < -0.39 is 0 Å². The lowest BCUT2D eigenvalue weighted by atomic mass is 10.1. The third-order valence-electron chi connectivity index (χ3n) is 2.95. The van der Waals surface area contributed by atoms with Crippen LogP contribution in [-0.2, 0) is 0 Å². The predicted molar refractivity (Wildman–Crippen MR) is 65.1 cm³/mol. The second-order valence-electron chi connectivity index (χ2n) is 4.40. The molecule has 1 aromatic rings. The quantitative estimate of drug-likeness (QED) is 0.616. The molecule has 2 rings (SSSR count). The summed E-state index contributed by atoms with van der Waals surface area (Å²) in [6.07, 6.45) is 1.92. The van der Waals surface area contributed by atoms with Gasteiger partial charge in [-0.2, -0.15) is 0 Å². The molecule has 2 heterocycles. The van der Waals surface area contributed by atoms with Crippen LogP contribution in [0.5, 0.6) is 0 Å². The van der Waals surface area contributed by atoms with E-state index in [-0.39, 0.29) is 16.7 Å². The highest BCUT2D eigenvalue weighted by Crippen LogP contribution is 2.28. The molecule has 6 nitrogen and oxygen atoms in total. The summed E-state index contributed by atoms with van der Waals surface area (Å²) in [7, 11) is 0. The number of nitrogens with zero attached hydrogens (tertiary/aromatic N) is 3. The lowest BCUT2D eigenvalue weighted by Gasteiger charge is -2.31. The fourth-order valence-corrected chi connectivity index (χ4v) is 2.11. The van der Waals surface area contributed by atoms with Crippen molar-refractivity contribution in [1.29, 1.82) is 0 Å². The van der Waals surface area contributed by atoms with E-state index in [0.717, 1.165) is 25.1 Å². The van der Waals surface area contributed by atoms with Crippen LogP contribution in [0.15, 0.2) is 12.1 Å². The van der Waals surface area contributed by atoms with Gasteiger partial charge < -0.3 is 10.6 Å². The number of aromatic nitrogens is 1. The molecule has 1 saturated heterocycles. The van der Waals surface area contributed by atoms with Gasteiger partial charge in [-0.05, 0) is 25.8 Å². The maximum Gasteiger partial charge on any atom is 0.311 e. The summed E-state index contributed by atoms with van der Waals surface area (Å²) in [5.74, 6) is 0.449. The van der Waals surface area contributed by atoms with Gasteiger partial charge in [0.2, 0.25) is 5.82 Å². The standard InChI is InChI=1S/C11H16N4O2/c1-8-4-5-10(15(16)17)11(13-8)14-6-2-3-9(12)7-14/h4-5,9H,2-3,6-7,12H2,1H3/t9-/m1/s1. The molecule has 1 aromatic heterocycles. The molecule has 1 fully saturated rings. The molecular formula is C11H16N4O2. The van der Waals surface area contributed by atoms with Crippen LogP contribution in [0.1, 0.15) is 18.5 Å². The van der Waals surface area contributed by atoms with Crippen molar-refractivity contribution in [3.63, 3.8) is 0 Å². The van der Waals surface area contributed by atoms with Crippen molar-refractivity contribution in [2.24, 2.45) is 5.73 Å². The highest BCUT2D eigenvalue weighted by molar-refractivity contribution is 5.58. The van der Waals surface area contributed by atoms with Crippen LogP contribution in [0, 0.1) is 17.0 Å². The van der Waals surface area contributed by atoms with E-state index in [2.05, 4.69) is 4.98 Å². The van der Waals surface area contributed by atoms with E-state index in [4.69, 9.17) is 5.73 Å². The van der Waals surface area contributed by atoms with E-state index in [1.54, 1.807) is 6.07 Å². The second kappa shape index (κ2) is 4.67. The predicted octanol–water partition coefficient (Wildman–Crippen LogP) is 1.23. The van der Waals surface area contributed by atoms with Crippen molar-refractivity contribution in [3.8, 4) is 0 Å². The van der Waals surface area contributed by atoms with Crippen LogP contribution in [0.4, 0.5) is 11.5 Å². The molecule has 0 radical (unpaired) electrons. The molecule has 0 aliphatic carbocycles. The van der Waals surface area contributed by atoms with E-state index in [9.17, 15) is 10.1 Å². The molecule has 1 aliphatic heterocycles. The third kappa shape index (κ3) is 2.52. The highest BCUT2D eigenvalue weighted by atomic mass is 16.6. The van der Waals surface area contributed by atoms with E-state index in [1.807, 2.05) is 11.8 Å². The minimum atomic E-state index is -0.387. The molecule has 0 saturated carbocycles. The molecular weight excluding hydrogens is 220 g/mol. The Morgan fingerprint density at radius 3 is 3.00 bits per heavy atom. The Hall–Kier alpha value is -1.69. The molecule has 1 atom stereocenters. The smallest absolute Gasteiger partial charge is 0.311 e. The van der Waals surface area contributed by atoms with Crippen molar-refractivity contribution in [3.05, 3.63) is 27.9 Å². The number of nitro groups is 1. The number of hydrogen-bond acceptors (Lipinski definition) is 5. The number of aryl methyl sites for hydroxylation is 1. The summed E-state index contributed by atoms with van der Waals surface area (Å²) in [5, 5.41) is 11.0. The van der Waals surface area contributed by atoms with Crippen LogP contribution in [0.25, 0.3) is 0 Å². The molecule has 17 heavy (non-hydrogen) atoms. The largest absolute Gasteiger partial charge is 0.349 e. The average Bonchev–Trinajstić information content (AvgIpc) is 2.28. The molecule has 0 spiro atoms. The number of anilines is 1. The van der Waals surface area contributed by atoms with Crippen molar-refractivity contribution < 1.29 is 4.92 Å². The Kier molecular flexibility index (Phi) is 3.23. The van der Waals surface area contributed by atoms with Gasteiger partial charge in [0.15, 0.2) is 0 Å². The maximum absolute atomic E-state index is 11.0. The zero-order valence-electron chi connectivity index (χ0n) is 9.80. The number of hydrogen-bond donors (Lipinski definition) is 1. The maximum atomic E-state index is 11.0. The molecule has 92 valence electrons. The van der Waals surface area contributed by atoms with Crippen LogP contribution >= 0.6 is 0 Å². The Balaban J connectivity index is 2.35. The fraction of sp³-hybridized carbons (Fsp3) is 0.545. The molecule has 0 amide bonds. The lowest BCUT2D eigenvalue weighted by molar-refractivity contribution is -0.384. The molecule has 0 unspecified atom stereocenters. The molecule has 0 bridgehead atoms. The van der Waals surface area contributed by atoms with Gasteiger partial charge in [0, 0.05) is 30.9 Å². The Labute approximate surface area is 99.6 Å². The molecule has 1 aliphatic rings. The summed E-state index contributed by atoms with van der Waals surface area (Å²) in [6.45, 7) is 3.25. The summed E-state index contributed by atoms with van der Waals surface area (Å²) in [5.41, 5.74) is 6.73. The number of piperidine rings is 1. The first-order chi connectivity index (χ1) is 8.08. The van der Waals surface area contributed by atoms with E-state index >= 15 is 0 Å². The van der Waals surface area contributed by atoms with Crippen LogP contribution < -0.4 is 10.6 Å². The molecule has 6 heteroatoms. The number of rotatable bonds is 2. The topological polar surface area (TPSA) is 85.3 Å². The van der Waals surface area contributed by atoms with Crippen LogP contribution in [-0.4, -0.2) is 29.0 Å². The number of pyridine rings is 1. The minimum Gasteiger partial charge on any atom is -0.349 e. The Morgan fingerprint density at radius 2 is 2.35 bits per heavy atom. The zero-order valence-corrected chi connectivity index (χ0v) is 9.80. The van der Waals surface area contributed by atoms with Crippen molar-refractivity contribution >= 4 is 11.5 Å². The van der Waals surface area contributed by atoms with Gasteiger partial charge in [-0.25, -0.2) is 4.98 Å². The van der Waals surface area contributed by atoms with E-state index in [1.165, 1.54) is 6.07 Å². The fourth-order valence-electron chi connectivity index (χ4n) is 2.11. The SMILES string of the molecule is Cc1ccc([N+](=O)[O-])c(N2CCC[C@@H](N)C2)n1. The summed E-state index contributed by atoms with van der Waals surface area (Å²) in [4.78, 5) is 16.8. The summed E-state index contributed by atoms with van der Waals surface area (Å²) < 4.78 is 0. The first-order valence-electron chi connectivity index (χ1n) is 5.70. The first-order valence-corrected chi connectivity index (χ1v) is 5.70. The van der Waals surface area contributed by atoms with Gasteiger partial charge in [0.1, 0.15) is 0 Å². The van der Waals surface area contributed by atoms with Crippen molar-refractivity contribution in [1.82, 2.24) is 4.98 Å². The summed E-state index contributed by atoms with van der Waals surface area (Å²) in [6, 6.07) is 3.24. The van der Waals surface area contributed by atoms with Gasteiger partial charge in [0.05, 0.1) is 4.92 Å². The minimum absolute atomic E-state index is 0.0599. The van der Waals surface area contributed by atoms with E-state index in [0.29, 0.717) is 12.4 Å². The van der Waals surface area contributed by atoms with Gasteiger partial charge in [0.25, 0.3) is 0 Å². The average molecular weight is 236 g/mol. The van der Waals surface area contributed by atoms with Gasteiger partial charge in [-0.3, -0.25) is 10.1 Å². The Bertz CT molecular complexity index is 435. The number of nitrogens with two attached hydrogens (primary N) is 1. The van der Waals surface area contributed by atoms with Gasteiger partial charge in [-0.1, -0.05) is 0 Å². The second-order valence-corrected chi connectivity index (χ2v) is 4.40. The van der Waals surface area contributed by atoms with Crippen molar-refractivity contribution in [2.75, 3.05) is 18.0 Å². The molecule has 0 aromatic carbocycles. The zero-order chi connectivity index (χ0) is 12.4.